The highest BCUT2D eigenvalue weighted by Crippen LogP contribution is 2.30. The predicted molar refractivity (Wildman–Crippen MR) is 105 cm³/mol. The molecular formula is C21H25N3O3. The van der Waals surface area contributed by atoms with Gasteiger partial charge in [-0.05, 0) is 30.0 Å². The maximum atomic E-state index is 13.3. The van der Waals surface area contributed by atoms with Gasteiger partial charge in [-0.15, -0.1) is 0 Å². The van der Waals surface area contributed by atoms with Crippen LogP contribution in [0.4, 0.5) is 10.5 Å². The number of methoxy groups -OCH3 is 1. The highest BCUT2D eigenvalue weighted by Gasteiger charge is 2.31. The van der Waals surface area contributed by atoms with E-state index in [4.69, 9.17) is 4.74 Å². The first-order valence-corrected chi connectivity index (χ1v) is 9.18. The molecule has 3 amide bonds. The molecule has 27 heavy (non-hydrogen) atoms. The first kappa shape index (κ1) is 18.9. The number of benzene rings is 2. The van der Waals surface area contributed by atoms with E-state index in [1.807, 2.05) is 54.6 Å². The van der Waals surface area contributed by atoms with Crippen molar-refractivity contribution >= 4 is 17.6 Å². The Kier molecular flexibility index (Phi) is 6.44. The van der Waals surface area contributed by atoms with E-state index in [1.165, 1.54) is 0 Å². The third kappa shape index (κ3) is 4.65. The fourth-order valence-corrected chi connectivity index (χ4v) is 3.26. The lowest BCUT2D eigenvalue weighted by atomic mass is 10.1. The van der Waals surface area contributed by atoms with Gasteiger partial charge in [-0.2, -0.15) is 0 Å². The van der Waals surface area contributed by atoms with Crippen molar-refractivity contribution in [2.45, 2.75) is 18.9 Å². The van der Waals surface area contributed by atoms with E-state index in [0.717, 1.165) is 23.2 Å². The van der Waals surface area contributed by atoms with Crippen LogP contribution in [0.15, 0.2) is 54.6 Å². The fourth-order valence-electron chi connectivity index (χ4n) is 3.26. The zero-order valence-corrected chi connectivity index (χ0v) is 15.5. The first-order valence-electron chi connectivity index (χ1n) is 9.18. The van der Waals surface area contributed by atoms with E-state index in [0.29, 0.717) is 26.1 Å². The molecule has 0 radical (unpaired) electrons. The van der Waals surface area contributed by atoms with Gasteiger partial charge in [0.25, 0.3) is 5.91 Å². The number of amides is 3. The maximum Gasteiger partial charge on any atom is 0.315 e. The zero-order valence-electron chi connectivity index (χ0n) is 15.5. The number of hydrogen-bond acceptors (Lipinski definition) is 3. The Morgan fingerprint density at radius 1 is 1.11 bits per heavy atom. The minimum Gasteiger partial charge on any atom is -0.385 e. The van der Waals surface area contributed by atoms with Crippen LogP contribution in [0.25, 0.3) is 0 Å². The van der Waals surface area contributed by atoms with Crippen LogP contribution in [0.5, 0.6) is 0 Å². The third-order valence-corrected chi connectivity index (χ3v) is 4.62. The molecule has 1 heterocycles. The Hall–Kier alpha value is -2.86. The van der Waals surface area contributed by atoms with Gasteiger partial charge in [0.15, 0.2) is 0 Å². The van der Waals surface area contributed by atoms with Crippen LogP contribution in [-0.2, 0) is 16.0 Å². The second-order valence-corrected chi connectivity index (χ2v) is 6.46. The van der Waals surface area contributed by atoms with Crippen LogP contribution in [0.1, 0.15) is 23.6 Å². The molecule has 0 saturated heterocycles. The number of nitrogens with one attached hydrogen (secondary N) is 2. The summed E-state index contributed by atoms with van der Waals surface area (Å²) >= 11 is 0. The number of rotatable bonds is 7. The van der Waals surface area contributed by atoms with Gasteiger partial charge >= 0.3 is 6.03 Å². The molecule has 6 nitrogen and oxygen atoms in total. The van der Waals surface area contributed by atoms with Gasteiger partial charge in [0.05, 0.1) is 0 Å². The summed E-state index contributed by atoms with van der Waals surface area (Å²) in [6.45, 7) is 1.69. The van der Waals surface area contributed by atoms with Crippen molar-refractivity contribution < 1.29 is 14.3 Å². The van der Waals surface area contributed by atoms with Crippen LogP contribution < -0.4 is 15.5 Å². The van der Waals surface area contributed by atoms with E-state index in [9.17, 15) is 9.59 Å². The smallest absolute Gasteiger partial charge is 0.315 e. The van der Waals surface area contributed by atoms with Crippen molar-refractivity contribution in [3.63, 3.8) is 0 Å². The van der Waals surface area contributed by atoms with Gasteiger partial charge in [0, 0.05) is 32.5 Å². The van der Waals surface area contributed by atoms with Gasteiger partial charge in [-0.1, -0.05) is 48.5 Å². The number of para-hydroxylation sites is 1. The third-order valence-electron chi connectivity index (χ3n) is 4.62. The van der Waals surface area contributed by atoms with Crippen LogP contribution in [0.3, 0.4) is 0 Å². The topological polar surface area (TPSA) is 70.7 Å². The van der Waals surface area contributed by atoms with E-state index < -0.39 is 6.04 Å². The molecule has 0 unspecified atom stereocenters. The molecule has 0 fully saturated rings. The molecule has 0 spiro atoms. The Labute approximate surface area is 159 Å². The average Bonchev–Trinajstić information content (AvgIpc) is 3.14. The van der Waals surface area contributed by atoms with Gasteiger partial charge in [-0.3, -0.25) is 4.79 Å². The van der Waals surface area contributed by atoms with Crippen LogP contribution in [0, 0.1) is 0 Å². The zero-order chi connectivity index (χ0) is 19.1. The Bertz CT molecular complexity index is 779. The van der Waals surface area contributed by atoms with Crippen molar-refractivity contribution in [3.8, 4) is 0 Å². The van der Waals surface area contributed by atoms with Crippen LogP contribution >= 0.6 is 0 Å². The Morgan fingerprint density at radius 3 is 2.63 bits per heavy atom. The number of ether oxygens (including phenoxy) is 1. The van der Waals surface area contributed by atoms with Crippen LogP contribution in [0.2, 0.25) is 0 Å². The Morgan fingerprint density at radius 2 is 1.85 bits per heavy atom. The molecule has 6 heteroatoms. The van der Waals surface area contributed by atoms with Crippen molar-refractivity contribution in [3.05, 3.63) is 65.7 Å². The Balaban J connectivity index is 1.75. The summed E-state index contributed by atoms with van der Waals surface area (Å²) < 4.78 is 4.98. The molecule has 2 aromatic carbocycles. The van der Waals surface area contributed by atoms with E-state index in [1.54, 1.807) is 12.0 Å². The molecule has 1 aliphatic rings. The van der Waals surface area contributed by atoms with E-state index >= 15 is 0 Å². The van der Waals surface area contributed by atoms with Crippen molar-refractivity contribution in [1.82, 2.24) is 10.6 Å². The molecule has 1 atom stereocenters. The maximum absolute atomic E-state index is 13.3. The average molecular weight is 367 g/mol. The number of fused-ring (bicyclic) bond motifs is 1. The molecule has 0 aromatic heterocycles. The lowest BCUT2D eigenvalue weighted by Crippen LogP contribution is -2.46. The normalized spacial score (nSPS) is 13.7. The second-order valence-electron chi connectivity index (χ2n) is 6.46. The molecule has 0 bridgehead atoms. The first-order chi connectivity index (χ1) is 13.2. The lowest BCUT2D eigenvalue weighted by molar-refractivity contribution is -0.120. The SMILES string of the molecule is COCCCNC(=O)N[C@@H](C(=O)N1CCc2ccccc21)c1ccccc1. The van der Waals surface area contributed by atoms with Crippen LogP contribution in [-0.4, -0.2) is 38.7 Å². The molecule has 3 rings (SSSR count). The van der Waals surface area contributed by atoms with E-state index in [-0.39, 0.29) is 11.9 Å². The standard InChI is InChI=1S/C21H25N3O3/c1-27-15-7-13-22-21(26)23-19(17-9-3-2-4-10-17)20(25)24-14-12-16-8-5-6-11-18(16)24/h2-6,8-11,19H,7,12-15H2,1H3,(H2,22,23,26)/t19-/m1/s1. The molecule has 2 N–H and O–H groups in total. The quantitative estimate of drug-likeness (QED) is 0.739. The molecule has 0 saturated carbocycles. The number of hydrogen-bond donors (Lipinski definition) is 2. The summed E-state index contributed by atoms with van der Waals surface area (Å²) in [7, 11) is 1.62. The number of anilines is 1. The van der Waals surface area contributed by atoms with Gasteiger partial charge < -0.3 is 20.3 Å². The predicted octanol–water partition coefficient (Wildman–Crippen LogP) is 2.65. The van der Waals surface area contributed by atoms with E-state index in [2.05, 4.69) is 10.6 Å². The largest absolute Gasteiger partial charge is 0.385 e. The fraction of sp³-hybridized carbons (Fsp3) is 0.333. The summed E-state index contributed by atoms with van der Waals surface area (Å²) in [4.78, 5) is 27.4. The number of urea groups is 1. The molecule has 2 aromatic rings. The highest BCUT2D eigenvalue weighted by molar-refractivity contribution is 6.01. The number of carbonyl (C=O) groups is 2. The number of nitrogens with zero attached hydrogens (tertiary/aromatic N) is 1. The lowest BCUT2D eigenvalue weighted by Gasteiger charge is -2.25. The molecular weight excluding hydrogens is 342 g/mol. The van der Waals surface area contributed by atoms with Gasteiger partial charge in [-0.25, -0.2) is 4.79 Å². The monoisotopic (exact) mass is 367 g/mol. The van der Waals surface area contributed by atoms with Crippen molar-refractivity contribution in [2.24, 2.45) is 0 Å². The van der Waals surface area contributed by atoms with Gasteiger partial charge in [0.2, 0.25) is 0 Å². The molecule has 0 aliphatic carbocycles. The summed E-state index contributed by atoms with van der Waals surface area (Å²) in [5.41, 5.74) is 2.84. The highest BCUT2D eigenvalue weighted by atomic mass is 16.5. The van der Waals surface area contributed by atoms with Crippen molar-refractivity contribution in [2.75, 3.05) is 31.7 Å². The second kappa shape index (κ2) is 9.19. The van der Waals surface area contributed by atoms with Gasteiger partial charge in [0.1, 0.15) is 6.04 Å². The summed E-state index contributed by atoms with van der Waals surface area (Å²) in [6, 6.07) is 16.1. The minimum atomic E-state index is -0.736. The summed E-state index contributed by atoms with van der Waals surface area (Å²) in [5.74, 6) is -0.127. The molecule has 1 aliphatic heterocycles. The summed E-state index contributed by atoms with van der Waals surface area (Å²) in [5, 5.41) is 5.62. The number of carbonyl (C=O) groups excluding carboxylic acids is 2. The minimum absolute atomic E-state index is 0.127. The molecule has 142 valence electrons. The summed E-state index contributed by atoms with van der Waals surface area (Å²) in [6.07, 6.45) is 1.54. The van der Waals surface area contributed by atoms with Crippen molar-refractivity contribution in [1.29, 1.82) is 0 Å².